The quantitative estimate of drug-likeness (QED) is 0.717. The lowest BCUT2D eigenvalue weighted by atomic mass is 9.95. The van der Waals surface area contributed by atoms with E-state index in [1.54, 1.807) is 0 Å². The molecule has 2 rings (SSSR count). The van der Waals surface area contributed by atoms with Gasteiger partial charge in [0.2, 0.25) is 0 Å². The van der Waals surface area contributed by atoms with Crippen LogP contribution in [0.5, 0.6) is 0 Å². The van der Waals surface area contributed by atoms with Crippen LogP contribution in [0.1, 0.15) is 25.7 Å². The molecule has 1 saturated carbocycles. The Labute approximate surface area is 89.0 Å². The molecule has 0 aromatic heterocycles. The zero-order valence-electron chi connectivity index (χ0n) is 8.54. The van der Waals surface area contributed by atoms with Crippen LogP contribution >= 0.6 is 11.8 Å². The Morgan fingerprint density at radius 3 is 2.86 bits per heavy atom. The van der Waals surface area contributed by atoms with Gasteiger partial charge in [0, 0.05) is 11.8 Å². The summed E-state index contributed by atoms with van der Waals surface area (Å²) in [6.07, 6.45) is 4.47. The molecule has 1 aliphatic carbocycles. The molecule has 0 aromatic carbocycles. The van der Waals surface area contributed by atoms with Crippen LogP contribution in [0.25, 0.3) is 0 Å². The summed E-state index contributed by atoms with van der Waals surface area (Å²) in [4.78, 5) is 11.8. The fourth-order valence-electron chi connectivity index (χ4n) is 1.94. The van der Waals surface area contributed by atoms with Gasteiger partial charge in [-0.1, -0.05) is 0 Å². The summed E-state index contributed by atoms with van der Waals surface area (Å²) in [7, 11) is 1.48. The maximum Gasteiger partial charge on any atom is 0.326 e. The van der Waals surface area contributed by atoms with E-state index in [9.17, 15) is 4.79 Å². The van der Waals surface area contributed by atoms with Gasteiger partial charge in [-0.15, -0.1) is 0 Å². The van der Waals surface area contributed by atoms with E-state index in [-0.39, 0.29) is 11.5 Å². The van der Waals surface area contributed by atoms with Crippen LogP contribution in [0.3, 0.4) is 0 Å². The molecule has 0 aromatic rings. The van der Waals surface area contributed by atoms with Crippen molar-refractivity contribution in [1.29, 1.82) is 0 Å². The molecule has 1 heterocycles. The normalized spacial score (nSPS) is 32.6. The molecule has 80 valence electrons. The van der Waals surface area contributed by atoms with Gasteiger partial charge >= 0.3 is 5.97 Å². The SMILES string of the molecule is COC(=O)C1(NC2CC2)CCCSC1. The highest BCUT2D eigenvalue weighted by Crippen LogP contribution is 2.32. The van der Waals surface area contributed by atoms with Gasteiger partial charge in [-0.05, 0) is 31.4 Å². The Hall–Kier alpha value is -0.220. The molecule has 0 amide bonds. The zero-order chi connectivity index (χ0) is 10.0. The van der Waals surface area contributed by atoms with E-state index in [4.69, 9.17) is 4.74 Å². The third kappa shape index (κ3) is 2.06. The summed E-state index contributed by atoms with van der Waals surface area (Å²) in [6, 6.07) is 0.563. The molecule has 0 radical (unpaired) electrons. The molecule has 4 heteroatoms. The molecule has 3 nitrogen and oxygen atoms in total. The third-order valence-electron chi connectivity index (χ3n) is 2.87. The van der Waals surface area contributed by atoms with Crippen LogP contribution in [0.15, 0.2) is 0 Å². The molecule has 1 saturated heterocycles. The third-order valence-corrected chi connectivity index (χ3v) is 4.15. The Bertz CT molecular complexity index is 222. The Morgan fingerprint density at radius 1 is 1.57 bits per heavy atom. The van der Waals surface area contributed by atoms with E-state index in [1.807, 2.05) is 11.8 Å². The number of carbonyl (C=O) groups is 1. The predicted octanol–water partition coefficient (Wildman–Crippen LogP) is 1.18. The van der Waals surface area contributed by atoms with E-state index in [0.717, 1.165) is 18.6 Å². The molecule has 1 atom stereocenters. The van der Waals surface area contributed by atoms with Crippen LogP contribution < -0.4 is 5.32 Å². The molecule has 0 bridgehead atoms. The molecular formula is C10H17NO2S. The second-order valence-electron chi connectivity index (χ2n) is 4.15. The molecule has 0 spiro atoms. The zero-order valence-corrected chi connectivity index (χ0v) is 9.36. The second-order valence-corrected chi connectivity index (χ2v) is 5.25. The molecule has 14 heavy (non-hydrogen) atoms. The van der Waals surface area contributed by atoms with Crippen molar-refractivity contribution in [3.63, 3.8) is 0 Å². The molecule has 2 aliphatic rings. The van der Waals surface area contributed by atoms with Gasteiger partial charge in [0.1, 0.15) is 5.54 Å². The first-order valence-electron chi connectivity index (χ1n) is 5.21. The lowest BCUT2D eigenvalue weighted by Crippen LogP contribution is -2.57. The topological polar surface area (TPSA) is 38.3 Å². The fourth-order valence-corrected chi connectivity index (χ4v) is 3.13. The highest BCUT2D eigenvalue weighted by atomic mass is 32.2. The first-order chi connectivity index (χ1) is 6.77. The van der Waals surface area contributed by atoms with Gasteiger partial charge in [-0.3, -0.25) is 10.1 Å². The van der Waals surface area contributed by atoms with E-state index >= 15 is 0 Å². The Morgan fingerprint density at radius 2 is 2.36 bits per heavy atom. The maximum absolute atomic E-state index is 11.8. The lowest BCUT2D eigenvalue weighted by molar-refractivity contribution is -0.148. The summed E-state index contributed by atoms with van der Waals surface area (Å²) >= 11 is 1.85. The fraction of sp³-hybridized carbons (Fsp3) is 0.900. The smallest absolute Gasteiger partial charge is 0.326 e. The van der Waals surface area contributed by atoms with E-state index in [0.29, 0.717) is 6.04 Å². The minimum Gasteiger partial charge on any atom is -0.468 e. The first-order valence-corrected chi connectivity index (χ1v) is 6.36. The van der Waals surface area contributed by atoms with Gasteiger partial charge in [0.15, 0.2) is 0 Å². The lowest BCUT2D eigenvalue weighted by Gasteiger charge is -2.35. The summed E-state index contributed by atoms with van der Waals surface area (Å²) in [5.74, 6) is 1.97. The number of ether oxygens (including phenoxy) is 1. The van der Waals surface area contributed by atoms with Crippen molar-refractivity contribution >= 4 is 17.7 Å². The number of carbonyl (C=O) groups excluding carboxylic acids is 1. The maximum atomic E-state index is 11.8. The summed E-state index contributed by atoms with van der Waals surface area (Å²) in [5.41, 5.74) is -0.376. The van der Waals surface area contributed by atoms with E-state index < -0.39 is 0 Å². The van der Waals surface area contributed by atoms with Crippen LogP contribution in [0.2, 0.25) is 0 Å². The number of rotatable bonds is 3. The van der Waals surface area contributed by atoms with Crippen LogP contribution in [-0.2, 0) is 9.53 Å². The minimum absolute atomic E-state index is 0.0726. The monoisotopic (exact) mass is 215 g/mol. The van der Waals surface area contributed by atoms with Gasteiger partial charge in [0.05, 0.1) is 7.11 Å². The number of methoxy groups -OCH3 is 1. The predicted molar refractivity (Wildman–Crippen MR) is 57.5 cm³/mol. The summed E-state index contributed by atoms with van der Waals surface area (Å²) in [6.45, 7) is 0. The van der Waals surface area contributed by atoms with Crippen molar-refractivity contribution in [2.45, 2.75) is 37.3 Å². The molecule has 2 fully saturated rings. The minimum atomic E-state index is -0.376. The summed E-state index contributed by atoms with van der Waals surface area (Å²) in [5, 5.41) is 3.46. The van der Waals surface area contributed by atoms with E-state index in [1.165, 1.54) is 25.7 Å². The van der Waals surface area contributed by atoms with Crippen molar-refractivity contribution in [1.82, 2.24) is 5.32 Å². The number of hydrogen-bond donors (Lipinski definition) is 1. The molecule has 1 aliphatic heterocycles. The van der Waals surface area contributed by atoms with Crippen molar-refractivity contribution in [2.75, 3.05) is 18.6 Å². The average Bonchev–Trinajstić information content (AvgIpc) is 3.02. The standard InChI is InChI=1S/C10H17NO2S/c1-13-9(12)10(11-8-3-4-8)5-2-6-14-7-10/h8,11H,2-7H2,1H3. The van der Waals surface area contributed by atoms with Crippen molar-refractivity contribution in [3.8, 4) is 0 Å². The van der Waals surface area contributed by atoms with E-state index in [2.05, 4.69) is 5.32 Å². The van der Waals surface area contributed by atoms with Crippen LogP contribution in [0, 0.1) is 0 Å². The molecule has 1 N–H and O–H groups in total. The van der Waals surface area contributed by atoms with Crippen molar-refractivity contribution in [2.24, 2.45) is 0 Å². The average molecular weight is 215 g/mol. The first kappa shape index (κ1) is 10.3. The van der Waals surface area contributed by atoms with Gasteiger partial charge in [-0.25, -0.2) is 0 Å². The molecular weight excluding hydrogens is 198 g/mol. The number of nitrogens with one attached hydrogen (secondary N) is 1. The van der Waals surface area contributed by atoms with Crippen LogP contribution in [-0.4, -0.2) is 36.2 Å². The summed E-state index contributed by atoms with van der Waals surface area (Å²) < 4.78 is 4.91. The highest BCUT2D eigenvalue weighted by molar-refractivity contribution is 7.99. The van der Waals surface area contributed by atoms with Gasteiger partial charge in [0.25, 0.3) is 0 Å². The van der Waals surface area contributed by atoms with Gasteiger partial charge in [-0.2, -0.15) is 11.8 Å². The second kappa shape index (κ2) is 4.11. The van der Waals surface area contributed by atoms with Gasteiger partial charge < -0.3 is 4.74 Å². The largest absolute Gasteiger partial charge is 0.468 e. The Kier molecular flexibility index (Phi) is 3.02. The van der Waals surface area contributed by atoms with Crippen LogP contribution in [0.4, 0.5) is 0 Å². The number of esters is 1. The highest BCUT2D eigenvalue weighted by Gasteiger charge is 2.44. The van der Waals surface area contributed by atoms with Crippen molar-refractivity contribution < 1.29 is 9.53 Å². The van der Waals surface area contributed by atoms with Crippen molar-refractivity contribution in [3.05, 3.63) is 0 Å². The number of thioether (sulfide) groups is 1. The molecule has 1 unspecified atom stereocenters. The Balaban J connectivity index is 2.04. The number of hydrogen-bond acceptors (Lipinski definition) is 4.